The number of thioether (sulfide) groups is 1. The maximum Gasteiger partial charge on any atom is 0.231 e. The summed E-state index contributed by atoms with van der Waals surface area (Å²) in [5.41, 5.74) is 0. The number of nitrogens with zero attached hydrogens (tertiary/aromatic N) is 4. The fourth-order valence-electron chi connectivity index (χ4n) is 2.09. The van der Waals surface area contributed by atoms with E-state index in [2.05, 4.69) is 25.2 Å². The molecule has 2 N–H and O–H groups in total. The highest BCUT2D eigenvalue weighted by molar-refractivity contribution is 7.99. The van der Waals surface area contributed by atoms with Gasteiger partial charge in [-0.05, 0) is 26.2 Å². The molecule has 1 aliphatic rings. The van der Waals surface area contributed by atoms with Crippen LogP contribution in [0.1, 0.15) is 33.1 Å². The molecule has 1 fully saturated rings. The molecule has 6 nitrogen and oxygen atoms in total. The van der Waals surface area contributed by atoms with Crippen molar-refractivity contribution in [2.75, 3.05) is 36.5 Å². The Kier molecular flexibility index (Phi) is 5.85. The molecule has 0 bridgehead atoms. The highest BCUT2D eigenvalue weighted by Crippen LogP contribution is 2.23. The Morgan fingerprint density at radius 2 is 2.00 bits per heavy atom. The summed E-state index contributed by atoms with van der Waals surface area (Å²) in [4.78, 5) is 15.7. The average Bonchev–Trinajstić information content (AvgIpc) is 2.48. The lowest BCUT2D eigenvalue weighted by Gasteiger charge is -2.27. The standard InChI is InChI=1S/C13H23N5OS/c1-3-14-11-15-12(18-7-5-4-6-8-18)17-13(16-11)20-10(2)9-19/h10,19H,3-9H2,1-2H3,(H,14,15,16,17). The molecule has 7 heteroatoms. The first-order valence-corrected chi connectivity index (χ1v) is 8.13. The molecule has 1 saturated heterocycles. The topological polar surface area (TPSA) is 74.2 Å². The molecular weight excluding hydrogens is 274 g/mol. The Bertz CT molecular complexity index is 425. The lowest BCUT2D eigenvalue weighted by Crippen LogP contribution is -2.31. The molecule has 0 amide bonds. The third-order valence-corrected chi connectivity index (χ3v) is 4.09. The molecule has 1 aromatic heterocycles. The van der Waals surface area contributed by atoms with Crippen molar-refractivity contribution >= 4 is 23.7 Å². The van der Waals surface area contributed by atoms with Crippen molar-refractivity contribution in [2.24, 2.45) is 0 Å². The third kappa shape index (κ3) is 4.21. The monoisotopic (exact) mass is 297 g/mol. The van der Waals surface area contributed by atoms with E-state index in [1.54, 1.807) is 0 Å². The molecule has 0 radical (unpaired) electrons. The van der Waals surface area contributed by atoms with Gasteiger partial charge < -0.3 is 15.3 Å². The SMILES string of the molecule is CCNc1nc(SC(C)CO)nc(N2CCCCC2)n1. The van der Waals surface area contributed by atoms with Gasteiger partial charge in [-0.25, -0.2) is 0 Å². The van der Waals surface area contributed by atoms with Crippen molar-refractivity contribution in [1.29, 1.82) is 0 Å². The Balaban J connectivity index is 2.20. The highest BCUT2D eigenvalue weighted by Gasteiger charge is 2.17. The van der Waals surface area contributed by atoms with Gasteiger partial charge in [0.25, 0.3) is 0 Å². The molecule has 112 valence electrons. The van der Waals surface area contributed by atoms with E-state index in [-0.39, 0.29) is 11.9 Å². The Hall–Kier alpha value is -1.08. The second kappa shape index (κ2) is 7.64. The molecule has 1 atom stereocenters. The lowest BCUT2D eigenvalue weighted by molar-refractivity contribution is 0.300. The normalized spacial score (nSPS) is 17.1. The predicted molar refractivity (Wildman–Crippen MR) is 82.5 cm³/mol. The Labute approximate surface area is 124 Å². The van der Waals surface area contributed by atoms with Gasteiger partial charge in [0.15, 0.2) is 5.16 Å². The van der Waals surface area contributed by atoms with Crippen LogP contribution in [-0.4, -0.2) is 51.5 Å². The molecule has 2 rings (SSSR count). The highest BCUT2D eigenvalue weighted by atomic mass is 32.2. The fraction of sp³-hybridized carbons (Fsp3) is 0.769. The zero-order valence-electron chi connectivity index (χ0n) is 12.2. The van der Waals surface area contributed by atoms with E-state index in [0.29, 0.717) is 11.1 Å². The summed E-state index contributed by atoms with van der Waals surface area (Å²) in [7, 11) is 0. The van der Waals surface area contributed by atoms with Crippen LogP contribution in [0.15, 0.2) is 5.16 Å². The third-order valence-electron chi connectivity index (χ3n) is 3.14. The van der Waals surface area contributed by atoms with Crippen LogP contribution in [0.3, 0.4) is 0 Å². The van der Waals surface area contributed by atoms with E-state index in [9.17, 15) is 0 Å². The number of anilines is 2. The fourth-order valence-corrected chi connectivity index (χ4v) is 2.80. The second-order valence-electron chi connectivity index (χ2n) is 4.93. The van der Waals surface area contributed by atoms with Crippen molar-refractivity contribution in [3.63, 3.8) is 0 Å². The van der Waals surface area contributed by atoms with Gasteiger partial charge in [0.1, 0.15) is 0 Å². The van der Waals surface area contributed by atoms with E-state index in [1.165, 1.54) is 31.0 Å². The Morgan fingerprint density at radius 3 is 2.65 bits per heavy atom. The molecule has 1 aliphatic heterocycles. The molecule has 0 spiro atoms. The number of piperidine rings is 1. The zero-order chi connectivity index (χ0) is 14.4. The second-order valence-corrected chi connectivity index (χ2v) is 6.34. The van der Waals surface area contributed by atoms with Crippen molar-refractivity contribution < 1.29 is 5.11 Å². The smallest absolute Gasteiger partial charge is 0.231 e. The van der Waals surface area contributed by atoms with Gasteiger partial charge in [0.05, 0.1) is 6.61 Å². The minimum atomic E-state index is 0.0843. The van der Waals surface area contributed by atoms with Crippen LogP contribution in [0.25, 0.3) is 0 Å². The molecule has 1 unspecified atom stereocenters. The van der Waals surface area contributed by atoms with Gasteiger partial charge in [-0.1, -0.05) is 18.7 Å². The van der Waals surface area contributed by atoms with E-state index >= 15 is 0 Å². The van der Waals surface area contributed by atoms with Crippen molar-refractivity contribution in [2.45, 2.75) is 43.5 Å². The molecule has 0 saturated carbocycles. The van der Waals surface area contributed by atoms with E-state index in [0.717, 1.165) is 25.6 Å². The van der Waals surface area contributed by atoms with Crippen LogP contribution in [-0.2, 0) is 0 Å². The van der Waals surface area contributed by atoms with Gasteiger partial charge in [-0.3, -0.25) is 0 Å². The van der Waals surface area contributed by atoms with Crippen LogP contribution < -0.4 is 10.2 Å². The number of aromatic nitrogens is 3. The van der Waals surface area contributed by atoms with Gasteiger partial charge >= 0.3 is 0 Å². The quantitative estimate of drug-likeness (QED) is 0.775. The van der Waals surface area contributed by atoms with Crippen LogP contribution in [0.4, 0.5) is 11.9 Å². The largest absolute Gasteiger partial charge is 0.395 e. The summed E-state index contributed by atoms with van der Waals surface area (Å²) >= 11 is 1.48. The minimum absolute atomic E-state index is 0.0843. The van der Waals surface area contributed by atoms with E-state index in [4.69, 9.17) is 5.11 Å². The Morgan fingerprint density at radius 1 is 1.25 bits per heavy atom. The summed E-state index contributed by atoms with van der Waals surface area (Å²) in [6.45, 7) is 6.90. The van der Waals surface area contributed by atoms with Crippen molar-refractivity contribution in [3.05, 3.63) is 0 Å². The number of hydrogen-bond donors (Lipinski definition) is 2. The van der Waals surface area contributed by atoms with Gasteiger partial charge in [-0.2, -0.15) is 15.0 Å². The molecule has 20 heavy (non-hydrogen) atoms. The number of aliphatic hydroxyl groups excluding tert-OH is 1. The molecular formula is C13H23N5OS. The van der Waals surface area contributed by atoms with E-state index < -0.39 is 0 Å². The average molecular weight is 297 g/mol. The van der Waals surface area contributed by atoms with Crippen LogP contribution in [0.2, 0.25) is 0 Å². The number of nitrogens with one attached hydrogen (secondary N) is 1. The lowest BCUT2D eigenvalue weighted by atomic mass is 10.1. The van der Waals surface area contributed by atoms with Gasteiger partial charge in [0.2, 0.25) is 11.9 Å². The minimum Gasteiger partial charge on any atom is -0.395 e. The summed E-state index contributed by atoms with van der Waals surface area (Å²) < 4.78 is 0. The van der Waals surface area contributed by atoms with Gasteiger partial charge in [0, 0.05) is 24.9 Å². The number of hydrogen-bond acceptors (Lipinski definition) is 7. The van der Waals surface area contributed by atoms with E-state index in [1.807, 2.05) is 13.8 Å². The predicted octanol–water partition coefficient (Wildman–Crippen LogP) is 1.77. The number of aliphatic hydroxyl groups is 1. The first kappa shape index (κ1) is 15.3. The molecule has 0 aromatic carbocycles. The maximum atomic E-state index is 9.17. The molecule has 1 aromatic rings. The van der Waals surface area contributed by atoms with Crippen LogP contribution in [0, 0.1) is 0 Å². The summed E-state index contributed by atoms with van der Waals surface area (Å²) in [6.07, 6.45) is 3.67. The zero-order valence-corrected chi connectivity index (χ0v) is 13.0. The number of rotatable bonds is 6. The van der Waals surface area contributed by atoms with Crippen molar-refractivity contribution in [3.8, 4) is 0 Å². The molecule has 0 aliphatic carbocycles. The summed E-state index contributed by atoms with van der Waals surface area (Å²) in [5, 5.41) is 13.1. The molecule has 2 heterocycles. The maximum absolute atomic E-state index is 9.17. The first-order valence-electron chi connectivity index (χ1n) is 7.25. The van der Waals surface area contributed by atoms with Crippen molar-refractivity contribution in [1.82, 2.24) is 15.0 Å². The summed E-state index contributed by atoms with van der Waals surface area (Å²) in [5.74, 6) is 1.37. The first-order chi connectivity index (χ1) is 9.72. The summed E-state index contributed by atoms with van der Waals surface area (Å²) in [6, 6.07) is 0. The van der Waals surface area contributed by atoms with Crippen LogP contribution in [0.5, 0.6) is 0 Å². The van der Waals surface area contributed by atoms with Gasteiger partial charge in [-0.15, -0.1) is 0 Å². The van der Waals surface area contributed by atoms with Crippen LogP contribution >= 0.6 is 11.8 Å².